The topological polar surface area (TPSA) is 3.24 Å². The van der Waals surface area contributed by atoms with Gasteiger partial charge < -0.3 is 4.90 Å². The SMILES string of the molecule is C=C/C=C\C(=C/C=C)C(=CC=Cc1ccc(N(c2ccc(C=C)cc2)c2ccc(C=CC=C(C(/C=C\C=C)=C/C=C)c3ccccc3)cc2)cc1)c1ccccc1. The highest BCUT2D eigenvalue weighted by Gasteiger charge is 2.13. The number of anilines is 3. The maximum atomic E-state index is 3.95. The summed E-state index contributed by atoms with van der Waals surface area (Å²) in [5, 5.41) is 0. The van der Waals surface area contributed by atoms with Crippen LogP contribution >= 0.6 is 0 Å². The fraction of sp³-hybridized carbons (Fsp3) is 0. The van der Waals surface area contributed by atoms with E-state index >= 15 is 0 Å². The molecular formula is C56H49N. The van der Waals surface area contributed by atoms with Gasteiger partial charge in [0.05, 0.1) is 0 Å². The van der Waals surface area contributed by atoms with Crippen molar-refractivity contribution >= 4 is 46.4 Å². The Hall–Kier alpha value is -7.48. The Balaban J connectivity index is 1.44. The van der Waals surface area contributed by atoms with Gasteiger partial charge in [-0.25, -0.2) is 0 Å². The van der Waals surface area contributed by atoms with Gasteiger partial charge in [0.15, 0.2) is 0 Å². The van der Waals surface area contributed by atoms with E-state index in [1.807, 2.05) is 54.7 Å². The minimum atomic E-state index is 1.05. The molecule has 0 aromatic heterocycles. The van der Waals surface area contributed by atoms with Gasteiger partial charge in [0.2, 0.25) is 0 Å². The van der Waals surface area contributed by atoms with Crippen molar-refractivity contribution in [3.05, 3.63) is 290 Å². The normalized spacial score (nSPS) is 12.7. The molecule has 0 bridgehead atoms. The molecule has 0 aliphatic heterocycles. The molecule has 0 saturated carbocycles. The quantitative estimate of drug-likeness (QED) is 0.0810. The summed E-state index contributed by atoms with van der Waals surface area (Å²) in [7, 11) is 0. The molecule has 5 aromatic carbocycles. The van der Waals surface area contributed by atoms with E-state index in [1.165, 1.54) is 0 Å². The van der Waals surface area contributed by atoms with Gasteiger partial charge in [-0.15, -0.1) is 0 Å². The van der Waals surface area contributed by atoms with Gasteiger partial charge >= 0.3 is 0 Å². The molecule has 0 amide bonds. The zero-order chi connectivity index (χ0) is 40.1. The molecule has 0 spiro atoms. The lowest BCUT2D eigenvalue weighted by Gasteiger charge is -2.26. The van der Waals surface area contributed by atoms with Gasteiger partial charge in [0, 0.05) is 17.1 Å². The largest absolute Gasteiger partial charge is 0.311 e. The molecule has 1 heteroatoms. The minimum absolute atomic E-state index is 1.05. The molecule has 278 valence electrons. The fourth-order valence-electron chi connectivity index (χ4n) is 6.21. The summed E-state index contributed by atoms with van der Waals surface area (Å²) in [6.45, 7) is 19.5. The number of hydrogen-bond acceptors (Lipinski definition) is 1. The highest BCUT2D eigenvalue weighted by molar-refractivity contribution is 5.85. The second-order valence-corrected chi connectivity index (χ2v) is 12.8. The predicted molar refractivity (Wildman–Crippen MR) is 253 cm³/mol. The Kier molecular flexibility index (Phi) is 15.7. The molecule has 0 saturated heterocycles. The molecular weight excluding hydrogens is 687 g/mol. The summed E-state index contributed by atoms with van der Waals surface area (Å²) < 4.78 is 0. The molecule has 0 heterocycles. The van der Waals surface area contributed by atoms with Gasteiger partial charge in [-0.3, -0.25) is 0 Å². The zero-order valence-corrected chi connectivity index (χ0v) is 32.5. The first-order valence-electron chi connectivity index (χ1n) is 18.9. The van der Waals surface area contributed by atoms with Gasteiger partial charge in [0.1, 0.15) is 0 Å². The lowest BCUT2D eigenvalue weighted by Crippen LogP contribution is -2.09. The summed E-state index contributed by atoms with van der Waals surface area (Å²) >= 11 is 0. The van der Waals surface area contributed by atoms with E-state index < -0.39 is 0 Å². The van der Waals surface area contributed by atoms with Gasteiger partial charge in [-0.2, -0.15) is 0 Å². The van der Waals surface area contributed by atoms with Gasteiger partial charge in [-0.05, 0) is 86.5 Å². The van der Waals surface area contributed by atoms with E-state index in [0.717, 1.165) is 67.2 Å². The van der Waals surface area contributed by atoms with Crippen LogP contribution in [0.25, 0.3) is 29.4 Å². The first kappa shape index (κ1) is 40.7. The van der Waals surface area contributed by atoms with E-state index in [4.69, 9.17) is 0 Å². The second kappa shape index (κ2) is 22.0. The van der Waals surface area contributed by atoms with Crippen molar-refractivity contribution < 1.29 is 0 Å². The number of hydrogen-bond donors (Lipinski definition) is 0. The average molecular weight is 736 g/mol. The third kappa shape index (κ3) is 11.8. The third-order valence-electron chi connectivity index (χ3n) is 9.00. The molecule has 0 radical (unpaired) electrons. The van der Waals surface area contributed by atoms with Crippen LogP contribution in [0.2, 0.25) is 0 Å². The molecule has 1 nitrogen and oxygen atoms in total. The molecule has 57 heavy (non-hydrogen) atoms. The van der Waals surface area contributed by atoms with E-state index in [2.05, 4.69) is 208 Å². The first-order chi connectivity index (χ1) is 28.1. The molecule has 5 rings (SSSR count). The minimum Gasteiger partial charge on any atom is -0.311 e. The Bertz CT molecular complexity index is 2220. The van der Waals surface area contributed by atoms with Crippen LogP contribution in [0.5, 0.6) is 0 Å². The molecule has 0 aliphatic carbocycles. The summed E-state index contributed by atoms with van der Waals surface area (Å²) in [6.07, 6.45) is 33.8. The van der Waals surface area contributed by atoms with Crippen LogP contribution in [-0.4, -0.2) is 0 Å². The number of allylic oxidation sites excluding steroid dienone is 18. The van der Waals surface area contributed by atoms with E-state index in [0.29, 0.717) is 0 Å². The van der Waals surface area contributed by atoms with E-state index in [9.17, 15) is 0 Å². The molecule has 5 aromatic rings. The second-order valence-electron chi connectivity index (χ2n) is 12.8. The van der Waals surface area contributed by atoms with Crippen LogP contribution < -0.4 is 4.90 Å². The Morgan fingerprint density at radius 2 is 0.737 bits per heavy atom. The lowest BCUT2D eigenvalue weighted by molar-refractivity contribution is 1.28. The van der Waals surface area contributed by atoms with Gasteiger partial charge in [0.25, 0.3) is 0 Å². The summed E-state index contributed by atoms with van der Waals surface area (Å²) in [4.78, 5) is 2.27. The van der Waals surface area contributed by atoms with Crippen LogP contribution in [0.3, 0.4) is 0 Å². The van der Waals surface area contributed by atoms with E-state index in [1.54, 1.807) is 12.2 Å². The first-order valence-corrected chi connectivity index (χ1v) is 18.9. The van der Waals surface area contributed by atoms with E-state index in [-0.39, 0.29) is 0 Å². The molecule has 0 unspecified atom stereocenters. The van der Waals surface area contributed by atoms with Crippen LogP contribution in [0.15, 0.2) is 263 Å². The summed E-state index contributed by atoms with van der Waals surface area (Å²) in [5.41, 5.74) is 13.0. The van der Waals surface area contributed by atoms with Gasteiger partial charge in [-0.1, -0.05) is 233 Å². The van der Waals surface area contributed by atoms with Crippen molar-refractivity contribution in [3.8, 4) is 0 Å². The Morgan fingerprint density at radius 3 is 1.07 bits per heavy atom. The monoisotopic (exact) mass is 735 g/mol. The van der Waals surface area contributed by atoms with Crippen molar-refractivity contribution in [2.75, 3.05) is 4.90 Å². The van der Waals surface area contributed by atoms with Crippen LogP contribution in [-0.2, 0) is 0 Å². The average Bonchev–Trinajstić information content (AvgIpc) is 3.26. The molecule has 0 atom stereocenters. The van der Waals surface area contributed by atoms with Crippen LogP contribution in [0, 0.1) is 0 Å². The number of rotatable bonds is 18. The molecule has 0 aliphatic rings. The van der Waals surface area contributed by atoms with Crippen molar-refractivity contribution in [1.29, 1.82) is 0 Å². The van der Waals surface area contributed by atoms with Crippen molar-refractivity contribution in [2.45, 2.75) is 0 Å². The van der Waals surface area contributed by atoms with Crippen molar-refractivity contribution in [3.63, 3.8) is 0 Å². The van der Waals surface area contributed by atoms with Crippen molar-refractivity contribution in [2.24, 2.45) is 0 Å². The highest BCUT2D eigenvalue weighted by Crippen LogP contribution is 2.35. The summed E-state index contributed by atoms with van der Waals surface area (Å²) in [6, 6.07) is 46.5. The maximum Gasteiger partial charge on any atom is 0.0462 e. The Morgan fingerprint density at radius 1 is 0.368 bits per heavy atom. The van der Waals surface area contributed by atoms with Crippen LogP contribution in [0.4, 0.5) is 17.1 Å². The highest BCUT2D eigenvalue weighted by atomic mass is 15.1. The number of benzene rings is 5. The Labute approximate surface area is 340 Å². The smallest absolute Gasteiger partial charge is 0.0462 e. The van der Waals surface area contributed by atoms with Crippen molar-refractivity contribution in [1.82, 2.24) is 0 Å². The lowest BCUT2D eigenvalue weighted by atomic mass is 9.96. The molecule has 0 N–H and O–H groups in total. The zero-order valence-electron chi connectivity index (χ0n) is 32.5. The van der Waals surface area contributed by atoms with Crippen LogP contribution in [0.1, 0.15) is 27.8 Å². The molecule has 0 fully saturated rings. The standard InChI is InChI=1S/C56H49N/c1-6-11-25-48(21-8-3)55(50-27-15-13-16-28-50)31-19-23-46-35-41-53(42-36-46)57(52-39-33-45(10-5)34-40-52)54-43-37-47(38-44-54)24-20-32-56(51-29-17-14-18-30-51)49(22-9-4)26-12-7-2/h6-44H,1-5H2/b23-19?,24-20?,25-11-,26-12-,48-21+,49-22+,55-31?,56-32?. The predicted octanol–water partition coefficient (Wildman–Crippen LogP) is 15.7. The number of nitrogens with zero attached hydrogens (tertiary/aromatic N) is 1. The fourth-order valence-corrected chi connectivity index (χ4v) is 6.21. The maximum absolute atomic E-state index is 3.95. The summed E-state index contributed by atoms with van der Waals surface area (Å²) in [5.74, 6) is 0. The third-order valence-corrected chi connectivity index (χ3v) is 9.00.